The predicted octanol–water partition coefficient (Wildman–Crippen LogP) is 1.54. The molecule has 0 aliphatic carbocycles. The Bertz CT molecular complexity index is 442. The molecule has 1 heterocycles. The molecule has 5 heteroatoms. The molecule has 1 fully saturated rings. The fourth-order valence-electron chi connectivity index (χ4n) is 1.96. The van der Waals surface area contributed by atoms with E-state index < -0.39 is 0 Å². The van der Waals surface area contributed by atoms with Crippen LogP contribution in [0.3, 0.4) is 0 Å². The zero-order valence-corrected chi connectivity index (χ0v) is 12.0. The third kappa shape index (κ3) is 4.59. The maximum absolute atomic E-state index is 12.1. The van der Waals surface area contributed by atoms with Gasteiger partial charge in [-0.05, 0) is 31.5 Å². The van der Waals surface area contributed by atoms with Crippen LogP contribution in [0.15, 0.2) is 24.3 Å². The topological polar surface area (TPSA) is 59.6 Å². The van der Waals surface area contributed by atoms with Crippen LogP contribution in [0.1, 0.15) is 19.4 Å². The Labute approximate surface area is 119 Å². The average Bonchev–Trinajstić information content (AvgIpc) is 2.46. The molecule has 1 atom stereocenters. The SMILES string of the molecule is CC(C)OCc1cccc(NC(=O)C2COCCN2)c1. The zero-order chi connectivity index (χ0) is 14.4. The lowest BCUT2D eigenvalue weighted by molar-refractivity contribution is -0.120. The van der Waals surface area contributed by atoms with E-state index in [4.69, 9.17) is 9.47 Å². The number of nitrogens with one attached hydrogen (secondary N) is 2. The van der Waals surface area contributed by atoms with E-state index in [1.165, 1.54) is 0 Å². The van der Waals surface area contributed by atoms with Gasteiger partial charge in [-0.15, -0.1) is 0 Å². The summed E-state index contributed by atoms with van der Waals surface area (Å²) < 4.78 is 10.8. The van der Waals surface area contributed by atoms with Gasteiger partial charge in [0.25, 0.3) is 0 Å². The van der Waals surface area contributed by atoms with Crippen LogP contribution in [0.4, 0.5) is 5.69 Å². The molecule has 0 saturated carbocycles. The van der Waals surface area contributed by atoms with E-state index >= 15 is 0 Å². The van der Waals surface area contributed by atoms with Gasteiger partial charge in [-0.3, -0.25) is 4.79 Å². The first kappa shape index (κ1) is 15.0. The van der Waals surface area contributed by atoms with Crippen LogP contribution >= 0.6 is 0 Å². The molecule has 110 valence electrons. The smallest absolute Gasteiger partial charge is 0.243 e. The van der Waals surface area contributed by atoms with Gasteiger partial charge in [-0.25, -0.2) is 0 Å². The number of carbonyl (C=O) groups is 1. The minimum Gasteiger partial charge on any atom is -0.378 e. The second-order valence-electron chi connectivity index (χ2n) is 5.13. The molecular weight excluding hydrogens is 256 g/mol. The summed E-state index contributed by atoms with van der Waals surface area (Å²) in [6, 6.07) is 7.43. The summed E-state index contributed by atoms with van der Waals surface area (Å²) in [6.07, 6.45) is 0.192. The summed E-state index contributed by atoms with van der Waals surface area (Å²) in [4.78, 5) is 12.1. The van der Waals surface area contributed by atoms with E-state index in [1.54, 1.807) is 0 Å². The molecule has 0 aromatic heterocycles. The van der Waals surface area contributed by atoms with Crippen LogP contribution in [-0.4, -0.2) is 37.8 Å². The fourth-order valence-corrected chi connectivity index (χ4v) is 1.96. The lowest BCUT2D eigenvalue weighted by Gasteiger charge is -2.23. The van der Waals surface area contributed by atoms with Gasteiger partial charge in [0.05, 0.1) is 25.9 Å². The van der Waals surface area contributed by atoms with Crippen molar-refractivity contribution in [2.24, 2.45) is 0 Å². The number of amides is 1. The van der Waals surface area contributed by atoms with E-state index in [2.05, 4.69) is 10.6 Å². The van der Waals surface area contributed by atoms with Crippen molar-refractivity contribution in [3.63, 3.8) is 0 Å². The Morgan fingerprint density at radius 2 is 2.40 bits per heavy atom. The van der Waals surface area contributed by atoms with Gasteiger partial charge in [0, 0.05) is 12.2 Å². The minimum absolute atomic E-state index is 0.0633. The zero-order valence-electron chi connectivity index (χ0n) is 12.0. The molecule has 1 unspecified atom stereocenters. The molecule has 0 spiro atoms. The van der Waals surface area contributed by atoms with Crippen LogP contribution in [0.5, 0.6) is 0 Å². The molecule has 0 bridgehead atoms. The number of benzene rings is 1. The molecule has 0 radical (unpaired) electrons. The Balaban J connectivity index is 1.91. The first-order chi connectivity index (χ1) is 9.65. The predicted molar refractivity (Wildman–Crippen MR) is 77.6 cm³/mol. The Morgan fingerprint density at radius 3 is 3.10 bits per heavy atom. The lowest BCUT2D eigenvalue weighted by atomic mass is 10.2. The van der Waals surface area contributed by atoms with Gasteiger partial charge in [0.1, 0.15) is 6.04 Å². The second kappa shape index (κ2) is 7.38. The molecule has 1 aliphatic heterocycles. The van der Waals surface area contributed by atoms with E-state index in [1.807, 2.05) is 38.1 Å². The van der Waals surface area contributed by atoms with E-state index in [0.717, 1.165) is 11.3 Å². The average molecular weight is 278 g/mol. The summed E-state index contributed by atoms with van der Waals surface area (Å²) in [5.41, 5.74) is 1.83. The van der Waals surface area contributed by atoms with Crippen molar-refractivity contribution >= 4 is 11.6 Å². The van der Waals surface area contributed by atoms with E-state index in [-0.39, 0.29) is 18.1 Å². The molecule has 5 nitrogen and oxygen atoms in total. The molecule has 2 N–H and O–H groups in total. The number of morpholine rings is 1. The highest BCUT2D eigenvalue weighted by Gasteiger charge is 2.21. The number of hydrogen-bond donors (Lipinski definition) is 2. The number of rotatable bonds is 5. The third-order valence-corrected chi connectivity index (χ3v) is 3.02. The Morgan fingerprint density at radius 1 is 1.55 bits per heavy atom. The first-order valence-electron chi connectivity index (χ1n) is 6.97. The third-order valence-electron chi connectivity index (χ3n) is 3.02. The van der Waals surface area contributed by atoms with Gasteiger partial charge < -0.3 is 20.1 Å². The van der Waals surface area contributed by atoms with Crippen molar-refractivity contribution in [1.29, 1.82) is 0 Å². The van der Waals surface area contributed by atoms with Crippen molar-refractivity contribution in [2.75, 3.05) is 25.1 Å². The number of anilines is 1. The van der Waals surface area contributed by atoms with Crippen molar-refractivity contribution < 1.29 is 14.3 Å². The fraction of sp³-hybridized carbons (Fsp3) is 0.533. The Kier molecular flexibility index (Phi) is 5.52. The summed E-state index contributed by atoms with van der Waals surface area (Å²) in [7, 11) is 0. The summed E-state index contributed by atoms with van der Waals surface area (Å²) in [6.45, 7) is 6.33. The number of hydrogen-bond acceptors (Lipinski definition) is 4. The maximum atomic E-state index is 12.1. The van der Waals surface area contributed by atoms with Gasteiger partial charge in [-0.2, -0.15) is 0 Å². The van der Waals surface area contributed by atoms with Gasteiger partial charge in [-0.1, -0.05) is 12.1 Å². The maximum Gasteiger partial charge on any atom is 0.243 e. The lowest BCUT2D eigenvalue weighted by Crippen LogP contribution is -2.48. The number of ether oxygens (including phenoxy) is 2. The molecule has 20 heavy (non-hydrogen) atoms. The first-order valence-corrected chi connectivity index (χ1v) is 6.97. The van der Waals surface area contributed by atoms with Crippen molar-refractivity contribution in [2.45, 2.75) is 32.6 Å². The van der Waals surface area contributed by atoms with E-state index in [0.29, 0.717) is 26.4 Å². The van der Waals surface area contributed by atoms with Crippen molar-refractivity contribution in [3.8, 4) is 0 Å². The largest absolute Gasteiger partial charge is 0.378 e. The standard InChI is InChI=1S/C15H22N2O3/c1-11(2)20-9-12-4-3-5-13(8-12)17-15(18)14-10-19-7-6-16-14/h3-5,8,11,14,16H,6-7,9-10H2,1-2H3,(H,17,18). The van der Waals surface area contributed by atoms with Gasteiger partial charge in [0.15, 0.2) is 0 Å². The van der Waals surface area contributed by atoms with Gasteiger partial charge in [0.2, 0.25) is 5.91 Å². The highest BCUT2D eigenvalue weighted by Crippen LogP contribution is 2.13. The highest BCUT2D eigenvalue weighted by molar-refractivity contribution is 5.95. The minimum atomic E-state index is -0.278. The number of carbonyl (C=O) groups excluding carboxylic acids is 1. The molecule has 1 aliphatic rings. The van der Waals surface area contributed by atoms with Crippen LogP contribution in [0.2, 0.25) is 0 Å². The molecule has 1 saturated heterocycles. The van der Waals surface area contributed by atoms with Crippen molar-refractivity contribution in [1.82, 2.24) is 5.32 Å². The van der Waals surface area contributed by atoms with Crippen LogP contribution in [0, 0.1) is 0 Å². The Hall–Kier alpha value is -1.43. The molecule has 1 amide bonds. The normalized spacial score (nSPS) is 19.1. The van der Waals surface area contributed by atoms with Crippen LogP contribution in [-0.2, 0) is 20.9 Å². The van der Waals surface area contributed by atoms with Gasteiger partial charge >= 0.3 is 0 Å². The molecule has 1 aromatic carbocycles. The highest BCUT2D eigenvalue weighted by atomic mass is 16.5. The van der Waals surface area contributed by atoms with Crippen LogP contribution in [0.25, 0.3) is 0 Å². The monoisotopic (exact) mass is 278 g/mol. The summed E-state index contributed by atoms with van der Waals surface area (Å²) in [5.74, 6) is -0.0633. The summed E-state index contributed by atoms with van der Waals surface area (Å²) >= 11 is 0. The van der Waals surface area contributed by atoms with Crippen LogP contribution < -0.4 is 10.6 Å². The summed E-state index contributed by atoms with van der Waals surface area (Å²) in [5, 5.41) is 6.03. The molecular formula is C15H22N2O3. The molecule has 1 aromatic rings. The quantitative estimate of drug-likeness (QED) is 0.857. The van der Waals surface area contributed by atoms with E-state index in [9.17, 15) is 4.79 Å². The second-order valence-corrected chi connectivity index (χ2v) is 5.13. The molecule has 2 rings (SSSR count). The van der Waals surface area contributed by atoms with Crippen molar-refractivity contribution in [3.05, 3.63) is 29.8 Å².